The third-order valence-electron chi connectivity index (χ3n) is 2.77. The van der Waals surface area contributed by atoms with Crippen molar-refractivity contribution >= 4 is 5.91 Å². The van der Waals surface area contributed by atoms with Gasteiger partial charge in [0, 0.05) is 13.1 Å². The molecule has 0 saturated heterocycles. The summed E-state index contributed by atoms with van der Waals surface area (Å²) in [6.07, 6.45) is 1.67. The van der Waals surface area contributed by atoms with E-state index in [4.69, 9.17) is 5.73 Å². The van der Waals surface area contributed by atoms with Crippen molar-refractivity contribution in [1.82, 2.24) is 5.32 Å². The molecule has 1 amide bonds. The number of hydrogen-bond donors (Lipinski definition) is 2. The Kier molecular flexibility index (Phi) is 5.70. The van der Waals surface area contributed by atoms with Crippen molar-refractivity contribution in [3.05, 3.63) is 35.4 Å². The molecule has 0 aliphatic rings. The Morgan fingerprint density at radius 3 is 2.82 bits per heavy atom. The number of carbonyl (C=O) groups is 1. The molecule has 1 unspecified atom stereocenters. The molecule has 0 aliphatic heterocycles. The van der Waals surface area contributed by atoms with E-state index < -0.39 is 0 Å². The standard InChI is InChI=1S/C14H22N2O/c1-3-7-16-14(17)13(10-15)9-12-6-4-5-11(2)8-12/h4-6,8,13H,3,7,9-10,15H2,1-2H3,(H,16,17). The van der Waals surface area contributed by atoms with Crippen LogP contribution in [-0.4, -0.2) is 19.0 Å². The highest BCUT2D eigenvalue weighted by atomic mass is 16.1. The number of rotatable bonds is 6. The van der Waals surface area contributed by atoms with Crippen LogP contribution in [0.15, 0.2) is 24.3 Å². The van der Waals surface area contributed by atoms with Crippen molar-refractivity contribution in [3.8, 4) is 0 Å². The smallest absolute Gasteiger partial charge is 0.224 e. The van der Waals surface area contributed by atoms with Crippen molar-refractivity contribution in [3.63, 3.8) is 0 Å². The van der Waals surface area contributed by atoms with Crippen LogP contribution in [0.4, 0.5) is 0 Å². The highest BCUT2D eigenvalue weighted by Gasteiger charge is 2.16. The van der Waals surface area contributed by atoms with Gasteiger partial charge in [-0.05, 0) is 25.3 Å². The number of benzene rings is 1. The molecule has 1 aromatic rings. The van der Waals surface area contributed by atoms with Gasteiger partial charge in [-0.25, -0.2) is 0 Å². The number of carbonyl (C=O) groups excluding carboxylic acids is 1. The molecular formula is C14H22N2O. The van der Waals surface area contributed by atoms with Crippen molar-refractivity contribution in [2.45, 2.75) is 26.7 Å². The predicted molar refractivity (Wildman–Crippen MR) is 70.7 cm³/mol. The molecule has 1 atom stereocenters. The lowest BCUT2D eigenvalue weighted by atomic mass is 9.97. The normalized spacial score (nSPS) is 12.2. The van der Waals surface area contributed by atoms with E-state index >= 15 is 0 Å². The zero-order valence-corrected chi connectivity index (χ0v) is 10.7. The minimum absolute atomic E-state index is 0.0656. The summed E-state index contributed by atoms with van der Waals surface area (Å²) in [6.45, 7) is 5.21. The summed E-state index contributed by atoms with van der Waals surface area (Å²) in [6, 6.07) is 8.22. The Morgan fingerprint density at radius 1 is 1.47 bits per heavy atom. The predicted octanol–water partition coefficient (Wildman–Crippen LogP) is 1.64. The van der Waals surface area contributed by atoms with Crippen LogP contribution in [-0.2, 0) is 11.2 Å². The molecular weight excluding hydrogens is 212 g/mol. The Bertz CT molecular complexity index is 363. The highest BCUT2D eigenvalue weighted by Crippen LogP contribution is 2.10. The minimum atomic E-state index is -0.122. The quantitative estimate of drug-likeness (QED) is 0.786. The maximum absolute atomic E-state index is 11.8. The average Bonchev–Trinajstić information content (AvgIpc) is 2.33. The molecule has 3 nitrogen and oxygen atoms in total. The topological polar surface area (TPSA) is 55.1 Å². The van der Waals surface area contributed by atoms with Gasteiger partial charge in [0.25, 0.3) is 0 Å². The lowest BCUT2D eigenvalue weighted by Crippen LogP contribution is -2.36. The summed E-state index contributed by atoms with van der Waals surface area (Å²) >= 11 is 0. The van der Waals surface area contributed by atoms with Crippen LogP contribution in [0, 0.1) is 12.8 Å². The van der Waals surface area contributed by atoms with Crippen LogP contribution in [0.25, 0.3) is 0 Å². The van der Waals surface area contributed by atoms with E-state index in [9.17, 15) is 4.79 Å². The van der Waals surface area contributed by atoms with Crippen molar-refractivity contribution in [2.75, 3.05) is 13.1 Å². The van der Waals surface area contributed by atoms with E-state index in [1.807, 2.05) is 19.1 Å². The third kappa shape index (κ3) is 4.57. The summed E-state index contributed by atoms with van der Waals surface area (Å²) < 4.78 is 0. The second-order valence-corrected chi connectivity index (χ2v) is 4.42. The summed E-state index contributed by atoms with van der Waals surface area (Å²) in [4.78, 5) is 11.8. The van der Waals surface area contributed by atoms with E-state index in [0.717, 1.165) is 13.0 Å². The fourth-order valence-electron chi connectivity index (χ4n) is 1.80. The van der Waals surface area contributed by atoms with Crippen LogP contribution < -0.4 is 11.1 Å². The lowest BCUT2D eigenvalue weighted by molar-refractivity contribution is -0.124. The SMILES string of the molecule is CCCNC(=O)C(CN)Cc1cccc(C)c1. The van der Waals surface area contributed by atoms with Gasteiger partial charge < -0.3 is 11.1 Å². The van der Waals surface area contributed by atoms with E-state index in [1.165, 1.54) is 11.1 Å². The van der Waals surface area contributed by atoms with E-state index in [2.05, 4.69) is 24.4 Å². The van der Waals surface area contributed by atoms with Gasteiger partial charge in [0.15, 0.2) is 0 Å². The molecule has 94 valence electrons. The fourth-order valence-corrected chi connectivity index (χ4v) is 1.80. The molecule has 0 aliphatic carbocycles. The third-order valence-corrected chi connectivity index (χ3v) is 2.77. The first kappa shape index (κ1) is 13.7. The van der Waals surface area contributed by atoms with Crippen LogP contribution in [0.2, 0.25) is 0 Å². The van der Waals surface area contributed by atoms with Crippen LogP contribution in [0.1, 0.15) is 24.5 Å². The van der Waals surface area contributed by atoms with E-state index in [-0.39, 0.29) is 11.8 Å². The van der Waals surface area contributed by atoms with E-state index in [0.29, 0.717) is 13.0 Å². The molecule has 0 aromatic heterocycles. The van der Waals surface area contributed by atoms with Crippen molar-refractivity contribution in [2.24, 2.45) is 11.7 Å². The molecule has 1 rings (SSSR count). The summed E-state index contributed by atoms with van der Waals surface area (Å²) in [5.41, 5.74) is 8.06. The molecule has 17 heavy (non-hydrogen) atoms. The van der Waals surface area contributed by atoms with Gasteiger partial charge in [-0.1, -0.05) is 36.8 Å². The summed E-state index contributed by atoms with van der Waals surface area (Å²) in [5.74, 6) is -0.0563. The monoisotopic (exact) mass is 234 g/mol. The van der Waals surface area contributed by atoms with Gasteiger partial charge in [-0.3, -0.25) is 4.79 Å². The first-order valence-corrected chi connectivity index (χ1v) is 6.20. The second kappa shape index (κ2) is 7.07. The zero-order chi connectivity index (χ0) is 12.7. The summed E-state index contributed by atoms with van der Waals surface area (Å²) in [5, 5.41) is 2.90. The highest BCUT2D eigenvalue weighted by molar-refractivity contribution is 5.79. The molecule has 0 bridgehead atoms. The zero-order valence-electron chi connectivity index (χ0n) is 10.7. The lowest BCUT2D eigenvalue weighted by Gasteiger charge is -2.14. The fraction of sp³-hybridized carbons (Fsp3) is 0.500. The first-order chi connectivity index (χ1) is 8.17. The van der Waals surface area contributed by atoms with Gasteiger partial charge >= 0.3 is 0 Å². The molecule has 0 heterocycles. The first-order valence-electron chi connectivity index (χ1n) is 6.20. The molecule has 3 N–H and O–H groups in total. The molecule has 1 aromatic carbocycles. The second-order valence-electron chi connectivity index (χ2n) is 4.42. The Balaban J connectivity index is 2.60. The maximum Gasteiger partial charge on any atom is 0.224 e. The molecule has 3 heteroatoms. The van der Waals surface area contributed by atoms with Crippen LogP contribution in [0.5, 0.6) is 0 Å². The number of hydrogen-bond acceptors (Lipinski definition) is 2. The Hall–Kier alpha value is -1.35. The van der Waals surface area contributed by atoms with Gasteiger partial charge in [0.1, 0.15) is 0 Å². The van der Waals surface area contributed by atoms with Crippen molar-refractivity contribution < 1.29 is 4.79 Å². The number of nitrogens with two attached hydrogens (primary N) is 1. The van der Waals surface area contributed by atoms with E-state index in [1.54, 1.807) is 0 Å². The Labute approximate surface area is 103 Å². The minimum Gasteiger partial charge on any atom is -0.356 e. The van der Waals surface area contributed by atoms with Gasteiger partial charge in [0.05, 0.1) is 5.92 Å². The largest absolute Gasteiger partial charge is 0.356 e. The molecule has 0 saturated carbocycles. The molecule has 0 fully saturated rings. The van der Waals surface area contributed by atoms with Gasteiger partial charge in [-0.2, -0.15) is 0 Å². The van der Waals surface area contributed by atoms with Crippen molar-refractivity contribution in [1.29, 1.82) is 0 Å². The molecule has 0 radical (unpaired) electrons. The average molecular weight is 234 g/mol. The van der Waals surface area contributed by atoms with Crippen LogP contribution >= 0.6 is 0 Å². The van der Waals surface area contributed by atoms with Crippen LogP contribution in [0.3, 0.4) is 0 Å². The number of amides is 1. The maximum atomic E-state index is 11.8. The van der Waals surface area contributed by atoms with Gasteiger partial charge in [0.2, 0.25) is 5.91 Å². The number of aryl methyl sites for hydroxylation is 1. The van der Waals surface area contributed by atoms with Gasteiger partial charge in [-0.15, -0.1) is 0 Å². The molecule has 0 spiro atoms. The Morgan fingerprint density at radius 2 is 2.24 bits per heavy atom. The summed E-state index contributed by atoms with van der Waals surface area (Å²) in [7, 11) is 0. The number of nitrogens with one attached hydrogen (secondary N) is 1.